The van der Waals surface area contributed by atoms with E-state index < -0.39 is 12.6 Å². The maximum atomic E-state index is 12.0. The highest BCUT2D eigenvalue weighted by molar-refractivity contribution is 5.97. The second-order valence-corrected chi connectivity index (χ2v) is 4.40. The van der Waals surface area contributed by atoms with Crippen molar-refractivity contribution in [3.05, 3.63) is 35.4 Å². The van der Waals surface area contributed by atoms with Gasteiger partial charge in [-0.15, -0.1) is 0 Å². The third-order valence-electron chi connectivity index (χ3n) is 2.83. The first-order chi connectivity index (χ1) is 8.94. The minimum atomic E-state index is -4.19. The first-order valence-corrected chi connectivity index (χ1v) is 6.26. The molecule has 0 atom stereocenters. The number of Topliss-reactive ketones (excluding diaryl/α,β-unsaturated/α-hetero) is 1. The van der Waals surface area contributed by atoms with Crippen molar-refractivity contribution in [3.63, 3.8) is 0 Å². The lowest BCUT2D eigenvalue weighted by Gasteiger charge is -2.09. The van der Waals surface area contributed by atoms with E-state index in [1.807, 2.05) is 19.2 Å². The molecule has 1 rings (SSSR count). The summed E-state index contributed by atoms with van der Waals surface area (Å²) in [6.07, 6.45) is -4.61. The van der Waals surface area contributed by atoms with Gasteiger partial charge in [-0.3, -0.25) is 4.79 Å². The number of carbonyl (C=O) groups excluding carboxylic acids is 1. The van der Waals surface area contributed by atoms with Gasteiger partial charge in [0.2, 0.25) is 0 Å². The van der Waals surface area contributed by atoms with Gasteiger partial charge in [-0.25, -0.2) is 0 Å². The molecule has 0 saturated carbocycles. The van der Waals surface area contributed by atoms with E-state index in [0.29, 0.717) is 12.0 Å². The summed E-state index contributed by atoms with van der Waals surface area (Å²) in [5, 5.41) is 2.99. The summed E-state index contributed by atoms with van der Waals surface area (Å²) in [7, 11) is 1.81. The predicted molar refractivity (Wildman–Crippen MR) is 68.3 cm³/mol. The summed E-state index contributed by atoms with van der Waals surface area (Å²) in [5.74, 6) is -0.212. The van der Waals surface area contributed by atoms with Gasteiger partial charge in [-0.05, 0) is 32.0 Å². The molecule has 0 fully saturated rings. The number of ketones is 1. The summed E-state index contributed by atoms with van der Waals surface area (Å²) < 4.78 is 36.1. The third-order valence-corrected chi connectivity index (χ3v) is 2.83. The SMILES string of the molecule is CNCCc1ccccc1C(=O)CCCC(F)(F)F. The lowest BCUT2D eigenvalue weighted by molar-refractivity contribution is -0.135. The van der Waals surface area contributed by atoms with Gasteiger partial charge in [0, 0.05) is 18.4 Å². The lowest BCUT2D eigenvalue weighted by atomic mass is 9.98. The number of rotatable bonds is 7. The van der Waals surface area contributed by atoms with Crippen LogP contribution in [0.3, 0.4) is 0 Å². The van der Waals surface area contributed by atoms with Gasteiger partial charge in [0.15, 0.2) is 5.78 Å². The lowest BCUT2D eigenvalue weighted by Crippen LogP contribution is -2.13. The summed E-state index contributed by atoms with van der Waals surface area (Å²) in [6, 6.07) is 7.09. The molecule has 1 N–H and O–H groups in total. The van der Waals surface area contributed by atoms with E-state index in [1.54, 1.807) is 12.1 Å². The van der Waals surface area contributed by atoms with Crippen LogP contribution in [0.4, 0.5) is 13.2 Å². The Morgan fingerprint density at radius 3 is 2.58 bits per heavy atom. The minimum absolute atomic E-state index is 0.0594. The summed E-state index contributed by atoms with van der Waals surface area (Å²) in [5.41, 5.74) is 1.42. The molecule has 0 spiro atoms. The first-order valence-electron chi connectivity index (χ1n) is 6.26. The molecular formula is C14H18F3NO. The molecule has 0 amide bonds. The number of carbonyl (C=O) groups is 1. The zero-order valence-corrected chi connectivity index (χ0v) is 10.9. The van der Waals surface area contributed by atoms with Crippen LogP contribution in [0.15, 0.2) is 24.3 Å². The quantitative estimate of drug-likeness (QED) is 0.772. The number of hydrogen-bond acceptors (Lipinski definition) is 2. The maximum absolute atomic E-state index is 12.0. The second kappa shape index (κ2) is 7.28. The number of likely N-dealkylation sites (N-methyl/N-ethyl adjacent to an activating group) is 1. The van der Waals surface area contributed by atoms with Crippen molar-refractivity contribution in [1.82, 2.24) is 5.32 Å². The van der Waals surface area contributed by atoms with Crippen LogP contribution in [0.2, 0.25) is 0 Å². The Morgan fingerprint density at radius 1 is 1.26 bits per heavy atom. The Balaban J connectivity index is 2.61. The number of halogens is 3. The van der Waals surface area contributed by atoms with E-state index in [4.69, 9.17) is 0 Å². The molecule has 0 aliphatic carbocycles. The largest absolute Gasteiger partial charge is 0.389 e. The van der Waals surface area contributed by atoms with E-state index in [2.05, 4.69) is 5.32 Å². The van der Waals surface area contributed by atoms with Crippen LogP contribution < -0.4 is 5.32 Å². The normalized spacial score (nSPS) is 11.6. The fourth-order valence-corrected chi connectivity index (χ4v) is 1.85. The van der Waals surface area contributed by atoms with Gasteiger partial charge >= 0.3 is 6.18 Å². The van der Waals surface area contributed by atoms with Crippen LogP contribution >= 0.6 is 0 Å². The molecule has 0 aromatic heterocycles. The zero-order chi connectivity index (χ0) is 14.3. The van der Waals surface area contributed by atoms with E-state index in [0.717, 1.165) is 12.1 Å². The van der Waals surface area contributed by atoms with E-state index in [1.165, 1.54) is 0 Å². The molecule has 0 aliphatic rings. The van der Waals surface area contributed by atoms with Crippen molar-refractivity contribution < 1.29 is 18.0 Å². The molecule has 0 bridgehead atoms. The molecule has 5 heteroatoms. The van der Waals surface area contributed by atoms with Gasteiger partial charge in [0.05, 0.1) is 0 Å². The van der Waals surface area contributed by atoms with Crippen LogP contribution in [0.25, 0.3) is 0 Å². The maximum Gasteiger partial charge on any atom is 0.389 e. The fourth-order valence-electron chi connectivity index (χ4n) is 1.85. The molecular weight excluding hydrogens is 255 g/mol. The first kappa shape index (κ1) is 15.7. The van der Waals surface area contributed by atoms with Gasteiger partial charge in [0.1, 0.15) is 0 Å². The number of benzene rings is 1. The molecule has 2 nitrogen and oxygen atoms in total. The van der Waals surface area contributed by atoms with Crippen molar-refractivity contribution >= 4 is 5.78 Å². The van der Waals surface area contributed by atoms with Crippen molar-refractivity contribution in [3.8, 4) is 0 Å². The summed E-state index contributed by atoms with van der Waals surface area (Å²) in [4.78, 5) is 11.9. The Kier molecular flexibility index (Phi) is 6.02. The average molecular weight is 273 g/mol. The topological polar surface area (TPSA) is 29.1 Å². The molecule has 1 aromatic rings. The number of hydrogen-bond donors (Lipinski definition) is 1. The zero-order valence-electron chi connectivity index (χ0n) is 10.9. The van der Waals surface area contributed by atoms with Gasteiger partial charge in [-0.2, -0.15) is 13.2 Å². The fraction of sp³-hybridized carbons (Fsp3) is 0.500. The van der Waals surface area contributed by atoms with Gasteiger partial charge < -0.3 is 5.32 Å². The smallest absolute Gasteiger partial charge is 0.319 e. The molecule has 0 saturated heterocycles. The van der Waals surface area contributed by atoms with Crippen LogP contribution in [-0.4, -0.2) is 25.6 Å². The van der Waals surface area contributed by atoms with Crippen LogP contribution in [0, 0.1) is 0 Å². The molecule has 0 aliphatic heterocycles. The number of alkyl halides is 3. The molecule has 19 heavy (non-hydrogen) atoms. The van der Waals surface area contributed by atoms with Gasteiger partial charge in [-0.1, -0.05) is 24.3 Å². The average Bonchev–Trinajstić information content (AvgIpc) is 2.35. The molecule has 106 valence electrons. The number of nitrogens with one attached hydrogen (secondary N) is 1. The summed E-state index contributed by atoms with van der Waals surface area (Å²) >= 11 is 0. The van der Waals surface area contributed by atoms with Crippen LogP contribution in [0.5, 0.6) is 0 Å². The standard InChI is InChI=1S/C14H18F3NO/c1-18-10-8-11-5-2-3-6-12(11)13(19)7-4-9-14(15,16)17/h2-3,5-6,18H,4,7-10H2,1H3. The van der Waals surface area contributed by atoms with E-state index in [9.17, 15) is 18.0 Å². The Bertz CT molecular complexity index is 415. The van der Waals surface area contributed by atoms with Crippen LogP contribution in [-0.2, 0) is 6.42 Å². The van der Waals surface area contributed by atoms with E-state index in [-0.39, 0.29) is 18.6 Å². The highest BCUT2D eigenvalue weighted by atomic mass is 19.4. The minimum Gasteiger partial charge on any atom is -0.319 e. The summed E-state index contributed by atoms with van der Waals surface area (Å²) in [6.45, 7) is 0.729. The van der Waals surface area contributed by atoms with Crippen molar-refractivity contribution in [1.29, 1.82) is 0 Å². The van der Waals surface area contributed by atoms with Crippen molar-refractivity contribution in [2.45, 2.75) is 31.9 Å². The third kappa shape index (κ3) is 5.87. The Morgan fingerprint density at radius 2 is 1.95 bits per heavy atom. The molecule has 1 aromatic carbocycles. The Labute approximate surface area is 111 Å². The highest BCUT2D eigenvalue weighted by Gasteiger charge is 2.26. The molecule has 0 heterocycles. The highest BCUT2D eigenvalue weighted by Crippen LogP contribution is 2.23. The van der Waals surface area contributed by atoms with Crippen LogP contribution in [0.1, 0.15) is 35.2 Å². The van der Waals surface area contributed by atoms with E-state index >= 15 is 0 Å². The molecule has 0 radical (unpaired) electrons. The Hall–Kier alpha value is -1.36. The molecule has 0 unspecified atom stereocenters. The second-order valence-electron chi connectivity index (χ2n) is 4.40. The predicted octanol–water partition coefficient (Wildman–Crippen LogP) is 3.36. The van der Waals surface area contributed by atoms with Crippen molar-refractivity contribution in [2.75, 3.05) is 13.6 Å². The van der Waals surface area contributed by atoms with Gasteiger partial charge in [0.25, 0.3) is 0 Å². The monoisotopic (exact) mass is 273 g/mol. The van der Waals surface area contributed by atoms with Crippen molar-refractivity contribution in [2.24, 2.45) is 0 Å².